The number of benzene rings is 1. The normalized spacial score (nSPS) is 22.4. The number of hydrogen-bond donors (Lipinski definition) is 0. The first-order valence-electron chi connectivity index (χ1n) is 8.68. The predicted molar refractivity (Wildman–Crippen MR) is 95.8 cm³/mol. The van der Waals surface area contributed by atoms with Crippen molar-refractivity contribution in [2.45, 2.75) is 18.9 Å². The van der Waals surface area contributed by atoms with Crippen LogP contribution in [0.25, 0.3) is 0 Å². The molecular weight excluding hydrogens is 314 g/mol. The van der Waals surface area contributed by atoms with Crippen LogP contribution < -0.4 is 14.5 Å². The van der Waals surface area contributed by atoms with E-state index in [2.05, 4.69) is 31.9 Å². The quantitative estimate of drug-likeness (QED) is 0.858. The lowest BCUT2D eigenvalue weighted by Crippen LogP contribution is -2.49. The second-order valence-electron chi connectivity index (χ2n) is 6.57. The molecule has 6 heteroatoms. The van der Waals surface area contributed by atoms with Crippen LogP contribution in [0.3, 0.4) is 0 Å². The molecule has 0 spiro atoms. The van der Waals surface area contributed by atoms with E-state index < -0.39 is 0 Å². The zero-order chi connectivity index (χ0) is 17.2. The highest BCUT2D eigenvalue weighted by molar-refractivity contribution is 5.61. The van der Waals surface area contributed by atoms with Gasteiger partial charge in [-0.1, -0.05) is 12.1 Å². The first-order chi connectivity index (χ1) is 12.3. The van der Waals surface area contributed by atoms with Crippen molar-refractivity contribution in [3.05, 3.63) is 42.1 Å². The molecule has 25 heavy (non-hydrogen) atoms. The molecule has 0 radical (unpaired) electrons. The van der Waals surface area contributed by atoms with Crippen LogP contribution >= 0.6 is 0 Å². The van der Waals surface area contributed by atoms with Gasteiger partial charge in [-0.05, 0) is 30.9 Å². The maximum absolute atomic E-state index is 9.44. The summed E-state index contributed by atoms with van der Waals surface area (Å²) in [6.07, 6.45) is 4.04. The second-order valence-corrected chi connectivity index (χ2v) is 6.57. The molecule has 2 aliphatic heterocycles. The van der Waals surface area contributed by atoms with Gasteiger partial charge in [0.2, 0.25) is 11.8 Å². The van der Waals surface area contributed by atoms with Crippen LogP contribution in [0, 0.1) is 17.2 Å². The SMILES string of the molecule is COc1ccnc(N2CCC3CCN(c4ccccc4C#N)C3C2)n1. The van der Waals surface area contributed by atoms with E-state index in [0.717, 1.165) is 43.3 Å². The predicted octanol–water partition coefficient (Wildman–Crippen LogP) is 2.46. The number of aromatic nitrogens is 2. The molecule has 4 rings (SSSR count). The third-order valence-corrected chi connectivity index (χ3v) is 5.31. The molecule has 1 aromatic heterocycles. The lowest BCUT2D eigenvalue weighted by Gasteiger charge is -2.39. The van der Waals surface area contributed by atoms with Crippen LogP contribution in [0.4, 0.5) is 11.6 Å². The van der Waals surface area contributed by atoms with E-state index in [4.69, 9.17) is 4.74 Å². The minimum Gasteiger partial charge on any atom is -0.481 e. The molecule has 0 N–H and O–H groups in total. The van der Waals surface area contributed by atoms with E-state index in [1.54, 1.807) is 19.4 Å². The van der Waals surface area contributed by atoms with Gasteiger partial charge in [0.25, 0.3) is 0 Å². The summed E-state index contributed by atoms with van der Waals surface area (Å²) >= 11 is 0. The molecule has 2 aliphatic rings. The van der Waals surface area contributed by atoms with Crippen molar-refractivity contribution in [3.63, 3.8) is 0 Å². The molecule has 0 amide bonds. The second kappa shape index (κ2) is 6.60. The van der Waals surface area contributed by atoms with Gasteiger partial charge in [0.15, 0.2) is 0 Å². The van der Waals surface area contributed by atoms with Crippen molar-refractivity contribution in [1.29, 1.82) is 5.26 Å². The molecule has 0 bridgehead atoms. The van der Waals surface area contributed by atoms with E-state index in [0.29, 0.717) is 17.8 Å². The van der Waals surface area contributed by atoms with Crippen molar-refractivity contribution in [2.24, 2.45) is 5.92 Å². The Hall–Kier alpha value is -2.81. The number of nitriles is 1. The largest absolute Gasteiger partial charge is 0.481 e. The average molecular weight is 335 g/mol. The first-order valence-corrected chi connectivity index (χ1v) is 8.68. The molecule has 0 saturated carbocycles. The number of nitrogens with zero attached hydrogens (tertiary/aromatic N) is 5. The van der Waals surface area contributed by atoms with E-state index in [-0.39, 0.29) is 0 Å². The summed E-state index contributed by atoms with van der Waals surface area (Å²) in [5.74, 6) is 1.97. The van der Waals surface area contributed by atoms with E-state index in [9.17, 15) is 5.26 Å². The molecule has 2 unspecified atom stereocenters. The molecule has 2 aromatic rings. The Labute approximate surface area is 147 Å². The molecule has 0 aliphatic carbocycles. The molecule has 3 heterocycles. The summed E-state index contributed by atoms with van der Waals surface area (Å²) in [4.78, 5) is 13.5. The Bertz CT molecular complexity index is 802. The van der Waals surface area contributed by atoms with Crippen LogP contribution in [0.15, 0.2) is 36.5 Å². The average Bonchev–Trinajstić information content (AvgIpc) is 3.11. The van der Waals surface area contributed by atoms with Gasteiger partial charge < -0.3 is 14.5 Å². The standard InChI is InChI=1S/C19H21N5O/c1-25-18-6-9-21-19(22-18)23-10-7-14-8-11-24(17(14)13-23)16-5-3-2-4-15(16)12-20/h2-6,9,14,17H,7-8,10-11,13H2,1H3. The number of piperidine rings is 1. The van der Waals surface area contributed by atoms with Gasteiger partial charge in [0.05, 0.1) is 18.4 Å². The number of ether oxygens (including phenoxy) is 1. The summed E-state index contributed by atoms with van der Waals surface area (Å²) in [6, 6.07) is 12.4. The lowest BCUT2D eigenvalue weighted by molar-refractivity contribution is 0.380. The monoisotopic (exact) mass is 335 g/mol. The minimum absolute atomic E-state index is 0.387. The van der Waals surface area contributed by atoms with Crippen molar-refractivity contribution in [1.82, 2.24) is 9.97 Å². The maximum Gasteiger partial charge on any atom is 0.228 e. The molecule has 2 atom stereocenters. The topological polar surface area (TPSA) is 65.3 Å². The van der Waals surface area contributed by atoms with Gasteiger partial charge in [-0.2, -0.15) is 10.2 Å². The molecule has 2 saturated heterocycles. The number of rotatable bonds is 3. The summed E-state index contributed by atoms with van der Waals surface area (Å²) in [7, 11) is 1.62. The zero-order valence-corrected chi connectivity index (χ0v) is 14.3. The third-order valence-electron chi connectivity index (χ3n) is 5.31. The van der Waals surface area contributed by atoms with Crippen LogP contribution in [0.2, 0.25) is 0 Å². The fourth-order valence-electron chi connectivity index (χ4n) is 4.04. The molecule has 1 aromatic carbocycles. The summed E-state index contributed by atoms with van der Waals surface area (Å²) in [5.41, 5.74) is 1.80. The highest BCUT2D eigenvalue weighted by Crippen LogP contribution is 2.37. The van der Waals surface area contributed by atoms with Crippen molar-refractivity contribution in [2.75, 3.05) is 36.5 Å². The number of para-hydroxylation sites is 1. The van der Waals surface area contributed by atoms with Gasteiger partial charge in [-0.15, -0.1) is 0 Å². The van der Waals surface area contributed by atoms with Crippen LogP contribution in [0.5, 0.6) is 5.88 Å². The number of hydrogen-bond acceptors (Lipinski definition) is 6. The molecular formula is C19H21N5O. The highest BCUT2D eigenvalue weighted by atomic mass is 16.5. The van der Waals surface area contributed by atoms with Crippen LogP contribution in [-0.4, -0.2) is 42.8 Å². The summed E-state index contributed by atoms with van der Waals surface area (Å²) in [5, 5.41) is 9.44. The Morgan fingerprint density at radius 3 is 2.88 bits per heavy atom. The minimum atomic E-state index is 0.387. The fraction of sp³-hybridized carbons (Fsp3) is 0.421. The van der Waals surface area contributed by atoms with E-state index in [1.807, 2.05) is 18.2 Å². The first kappa shape index (κ1) is 15.7. The Balaban J connectivity index is 1.60. The smallest absolute Gasteiger partial charge is 0.228 e. The Kier molecular flexibility index (Phi) is 4.14. The maximum atomic E-state index is 9.44. The zero-order valence-electron chi connectivity index (χ0n) is 14.3. The summed E-state index contributed by atoms with van der Waals surface area (Å²) < 4.78 is 5.23. The van der Waals surface area contributed by atoms with Gasteiger partial charge in [0.1, 0.15) is 6.07 Å². The Morgan fingerprint density at radius 2 is 2.04 bits per heavy atom. The van der Waals surface area contributed by atoms with Gasteiger partial charge in [-0.3, -0.25) is 0 Å². The van der Waals surface area contributed by atoms with Gasteiger partial charge in [0, 0.05) is 37.9 Å². The number of methoxy groups -OCH3 is 1. The van der Waals surface area contributed by atoms with Gasteiger partial charge in [-0.25, -0.2) is 4.98 Å². The van der Waals surface area contributed by atoms with Crippen molar-refractivity contribution in [3.8, 4) is 11.9 Å². The molecule has 6 nitrogen and oxygen atoms in total. The lowest BCUT2D eigenvalue weighted by atomic mass is 9.92. The van der Waals surface area contributed by atoms with Gasteiger partial charge >= 0.3 is 0 Å². The van der Waals surface area contributed by atoms with Crippen LogP contribution in [-0.2, 0) is 0 Å². The number of fused-ring (bicyclic) bond motifs is 1. The Morgan fingerprint density at radius 1 is 1.20 bits per heavy atom. The number of anilines is 2. The third kappa shape index (κ3) is 2.86. The molecule has 2 fully saturated rings. The van der Waals surface area contributed by atoms with E-state index >= 15 is 0 Å². The van der Waals surface area contributed by atoms with E-state index in [1.165, 1.54) is 6.42 Å². The highest BCUT2D eigenvalue weighted by Gasteiger charge is 2.39. The van der Waals surface area contributed by atoms with Crippen LogP contribution in [0.1, 0.15) is 18.4 Å². The van der Waals surface area contributed by atoms with Crippen molar-refractivity contribution >= 4 is 11.6 Å². The van der Waals surface area contributed by atoms with Crippen molar-refractivity contribution < 1.29 is 4.74 Å². The molecule has 128 valence electrons. The fourth-order valence-corrected chi connectivity index (χ4v) is 4.04. The summed E-state index contributed by atoms with van der Waals surface area (Å²) in [6.45, 7) is 2.83.